The third-order valence-corrected chi connectivity index (χ3v) is 4.57. The van der Waals surface area contributed by atoms with Gasteiger partial charge in [0.05, 0.1) is 6.54 Å². The van der Waals surface area contributed by atoms with E-state index in [9.17, 15) is 9.90 Å². The molecule has 22 heavy (non-hydrogen) atoms. The molecule has 0 saturated heterocycles. The molecule has 5 heteroatoms. The lowest BCUT2D eigenvalue weighted by molar-refractivity contribution is 0.315. The number of rotatable bonds is 4. The zero-order valence-electron chi connectivity index (χ0n) is 12.1. The fourth-order valence-corrected chi connectivity index (χ4v) is 3.23. The van der Waals surface area contributed by atoms with Crippen LogP contribution in [0.4, 0.5) is 0 Å². The molecule has 2 aromatic rings. The van der Waals surface area contributed by atoms with E-state index < -0.39 is 5.43 Å². The fraction of sp³-hybridized carbons (Fsp3) is 0.353. The van der Waals surface area contributed by atoms with Crippen LogP contribution < -0.4 is 10.7 Å². The van der Waals surface area contributed by atoms with Gasteiger partial charge in [0.15, 0.2) is 5.75 Å². The van der Waals surface area contributed by atoms with Crippen LogP contribution in [0.5, 0.6) is 5.75 Å². The van der Waals surface area contributed by atoms with Crippen LogP contribution in [0, 0.1) is 0 Å². The number of halogens is 1. The van der Waals surface area contributed by atoms with Crippen LogP contribution in [0.15, 0.2) is 45.8 Å². The largest absolute Gasteiger partial charge is 0.502 e. The monoisotopic (exact) mass is 319 g/mol. The maximum atomic E-state index is 11.5. The zero-order valence-corrected chi connectivity index (χ0v) is 12.9. The van der Waals surface area contributed by atoms with Crippen LogP contribution in [0.1, 0.15) is 37.0 Å². The maximum Gasteiger partial charge on any atom is 0.226 e. The average Bonchev–Trinajstić information content (AvgIpc) is 2.99. The van der Waals surface area contributed by atoms with Gasteiger partial charge in [-0.1, -0.05) is 36.6 Å². The van der Waals surface area contributed by atoms with Crippen molar-refractivity contribution in [3.63, 3.8) is 0 Å². The number of aromatic hydroxyl groups is 1. The molecule has 1 aromatic heterocycles. The normalized spacial score (nSPS) is 16.8. The van der Waals surface area contributed by atoms with Gasteiger partial charge in [-0.05, 0) is 30.5 Å². The first-order chi connectivity index (χ1) is 10.6. The molecular formula is C17H18ClNO3. The van der Waals surface area contributed by atoms with Crippen molar-refractivity contribution in [2.45, 2.75) is 37.8 Å². The molecule has 1 aliphatic rings. The Morgan fingerprint density at radius 1 is 1.23 bits per heavy atom. The summed E-state index contributed by atoms with van der Waals surface area (Å²) in [5.74, 6) is 0.153. The first-order valence-electron chi connectivity index (χ1n) is 7.41. The summed E-state index contributed by atoms with van der Waals surface area (Å²) in [4.78, 5) is 11.5. The van der Waals surface area contributed by atoms with Crippen molar-refractivity contribution in [2.24, 2.45) is 0 Å². The molecule has 0 radical (unpaired) electrons. The molecule has 2 N–H and O–H groups in total. The first-order valence-corrected chi connectivity index (χ1v) is 7.79. The maximum absolute atomic E-state index is 11.5. The summed E-state index contributed by atoms with van der Waals surface area (Å²) in [6.07, 6.45) is 5.49. The number of hydrogen-bond acceptors (Lipinski definition) is 4. The summed E-state index contributed by atoms with van der Waals surface area (Å²) in [5, 5.41) is 13.5. The van der Waals surface area contributed by atoms with Crippen LogP contribution in [0.25, 0.3) is 0 Å². The minimum absolute atomic E-state index is 0.110. The van der Waals surface area contributed by atoms with Gasteiger partial charge < -0.3 is 14.8 Å². The highest BCUT2D eigenvalue weighted by atomic mass is 35.5. The summed E-state index contributed by atoms with van der Waals surface area (Å²) in [6, 6.07) is 9.23. The van der Waals surface area contributed by atoms with E-state index in [-0.39, 0.29) is 11.3 Å². The topological polar surface area (TPSA) is 62.5 Å². The van der Waals surface area contributed by atoms with Crippen LogP contribution in [-0.2, 0) is 12.1 Å². The molecule has 0 unspecified atom stereocenters. The second-order valence-corrected chi connectivity index (χ2v) is 6.18. The zero-order chi connectivity index (χ0) is 15.6. The smallest absolute Gasteiger partial charge is 0.226 e. The molecular weight excluding hydrogens is 302 g/mol. The quantitative estimate of drug-likeness (QED) is 0.904. The second kappa shape index (κ2) is 6.15. The molecule has 1 aromatic carbocycles. The molecule has 0 amide bonds. The van der Waals surface area contributed by atoms with Crippen molar-refractivity contribution in [3.05, 3.63) is 63.2 Å². The highest BCUT2D eigenvalue weighted by molar-refractivity contribution is 6.30. The Balaban J connectivity index is 1.81. The summed E-state index contributed by atoms with van der Waals surface area (Å²) in [7, 11) is 0. The van der Waals surface area contributed by atoms with Crippen LogP contribution >= 0.6 is 11.6 Å². The van der Waals surface area contributed by atoms with Crippen LogP contribution in [0.3, 0.4) is 0 Å². The molecule has 4 nitrogen and oxygen atoms in total. The molecule has 116 valence electrons. The molecule has 1 saturated carbocycles. The Morgan fingerprint density at radius 2 is 1.91 bits per heavy atom. The van der Waals surface area contributed by atoms with Crippen molar-refractivity contribution in [1.29, 1.82) is 0 Å². The molecule has 0 aliphatic heterocycles. The molecule has 1 fully saturated rings. The van der Waals surface area contributed by atoms with E-state index in [0.29, 0.717) is 12.3 Å². The van der Waals surface area contributed by atoms with E-state index in [2.05, 4.69) is 5.32 Å². The van der Waals surface area contributed by atoms with Crippen molar-refractivity contribution >= 4 is 11.6 Å². The lowest BCUT2D eigenvalue weighted by Crippen LogP contribution is -2.39. The van der Waals surface area contributed by atoms with Gasteiger partial charge in [-0.3, -0.25) is 4.79 Å². The highest BCUT2D eigenvalue weighted by Crippen LogP contribution is 2.39. The first kappa shape index (κ1) is 15.1. The minimum atomic E-state index is -0.421. The third kappa shape index (κ3) is 3.03. The van der Waals surface area contributed by atoms with Crippen LogP contribution in [0.2, 0.25) is 5.02 Å². The standard InChI is InChI=1S/C17H18ClNO3/c18-13-5-3-12(4-6-13)17(7-1-2-8-17)19-10-14-9-15(20)16(21)11-22-14/h3-6,9,11,19,21H,1-2,7-8,10H2. The molecule has 3 rings (SSSR count). The SMILES string of the molecule is O=c1cc(CNC2(c3ccc(Cl)cc3)CCCC2)occ1O. The van der Waals surface area contributed by atoms with E-state index in [0.717, 1.165) is 37.0 Å². The summed E-state index contributed by atoms with van der Waals surface area (Å²) >= 11 is 5.98. The Bertz CT molecular complexity index is 703. The van der Waals surface area contributed by atoms with Crippen molar-refractivity contribution in [3.8, 4) is 5.75 Å². The molecule has 1 heterocycles. The Kier molecular flexibility index (Phi) is 4.23. The summed E-state index contributed by atoms with van der Waals surface area (Å²) < 4.78 is 5.27. The van der Waals surface area contributed by atoms with Gasteiger partial charge in [-0.25, -0.2) is 0 Å². The summed E-state index contributed by atoms with van der Waals surface area (Å²) in [6.45, 7) is 0.443. The fourth-order valence-electron chi connectivity index (χ4n) is 3.11. The van der Waals surface area contributed by atoms with Gasteiger partial charge in [0.25, 0.3) is 0 Å². The van der Waals surface area contributed by atoms with Crippen molar-refractivity contribution in [2.75, 3.05) is 0 Å². The van der Waals surface area contributed by atoms with E-state index >= 15 is 0 Å². The average molecular weight is 320 g/mol. The molecule has 1 aliphatic carbocycles. The number of hydrogen-bond donors (Lipinski definition) is 2. The summed E-state index contributed by atoms with van der Waals surface area (Å²) in [5.41, 5.74) is 0.673. The van der Waals surface area contributed by atoms with E-state index in [1.807, 2.05) is 24.3 Å². The van der Waals surface area contributed by atoms with Gasteiger partial charge in [-0.15, -0.1) is 0 Å². The van der Waals surface area contributed by atoms with E-state index in [1.165, 1.54) is 11.6 Å². The van der Waals surface area contributed by atoms with Gasteiger partial charge in [0.2, 0.25) is 5.43 Å². The lowest BCUT2D eigenvalue weighted by Gasteiger charge is -2.31. The van der Waals surface area contributed by atoms with E-state index in [1.54, 1.807) is 0 Å². The number of nitrogens with one attached hydrogen (secondary N) is 1. The van der Waals surface area contributed by atoms with E-state index in [4.69, 9.17) is 16.0 Å². The molecule has 0 bridgehead atoms. The Labute approximate surface area is 133 Å². The predicted molar refractivity (Wildman–Crippen MR) is 85.1 cm³/mol. The van der Waals surface area contributed by atoms with Gasteiger partial charge in [0.1, 0.15) is 12.0 Å². The van der Waals surface area contributed by atoms with Gasteiger partial charge in [0, 0.05) is 16.6 Å². The predicted octanol–water partition coefficient (Wildman–Crippen LogP) is 3.56. The molecule has 0 atom stereocenters. The Hall–Kier alpha value is -1.78. The van der Waals surface area contributed by atoms with Crippen LogP contribution in [-0.4, -0.2) is 5.11 Å². The lowest BCUT2D eigenvalue weighted by atomic mass is 9.88. The molecule has 0 spiro atoms. The third-order valence-electron chi connectivity index (χ3n) is 4.32. The highest BCUT2D eigenvalue weighted by Gasteiger charge is 2.35. The second-order valence-electron chi connectivity index (χ2n) is 5.75. The minimum Gasteiger partial charge on any atom is -0.502 e. The Morgan fingerprint density at radius 3 is 2.55 bits per heavy atom. The number of benzene rings is 1. The van der Waals surface area contributed by atoms with Gasteiger partial charge in [-0.2, -0.15) is 0 Å². The van der Waals surface area contributed by atoms with Crippen molar-refractivity contribution in [1.82, 2.24) is 5.32 Å². The van der Waals surface area contributed by atoms with Gasteiger partial charge >= 0.3 is 0 Å². The van der Waals surface area contributed by atoms with Crippen molar-refractivity contribution < 1.29 is 9.52 Å².